The zero-order chi connectivity index (χ0) is 29.1. The molecule has 220 valence electrons. The highest BCUT2D eigenvalue weighted by Crippen LogP contribution is 2.42. The van der Waals surface area contributed by atoms with Gasteiger partial charge in [-0.15, -0.1) is 0 Å². The van der Waals surface area contributed by atoms with Gasteiger partial charge in [0.15, 0.2) is 6.10 Å². The number of benzene rings is 1. The fourth-order valence-electron chi connectivity index (χ4n) is 5.99. The third-order valence-electron chi connectivity index (χ3n) is 8.09. The molecule has 6 N–H and O–H groups in total. The molecule has 1 amide bonds. The number of nitrogens with one attached hydrogen (secondary N) is 1. The van der Waals surface area contributed by atoms with Gasteiger partial charge in [0.25, 0.3) is 0 Å². The molecule has 3 fully saturated rings. The summed E-state index contributed by atoms with van der Waals surface area (Å²) in [6.45, 7) is 1.54. The minimum atomic E-state index is -1.94. The van der Waals surface area contributed by atoms with Crippen molar-refractivity contribution in [2.45, 2.75) is 100 Å². The number of aliphatic hydroxyl groups is 3. The number of aliphatic carboxylic acids is 2. The Kier molecular flexibility index (Phi) is 9.41. The zero-order valence-electron chi connectivity index (χ0n) is 22.0. The molecule has 1 saturated carbocycles. The van der Waals surface area contributed by atoms with Gasteiger partial charge < -0.3 is 39.9 Å². The zero-order valence-corrected chi connectivity index (χ0v) is 22.0. The van der Waals surface area contributed by atoms with E-state index in [-0.39, 0.29) is 24.8 Å². The number of amides is 1. The fourth-order valence-corrected chi connectivity index (χ4v) is 5.99. The number of hydrogen-bond donors (Lipinski definition) is 6. The van der Waals surface area contributed by atoms with Crippen molar-refractivity contribution in [3.63, 3.8) is 0 Å². The molecule has 2 heterocycles. The van der Waals surface area contributed by atoms with E-state index in [4.69, 9.17) is 9.47 Å². The number of esters is 1. The van der Waals surface area contributed by atoms with Crippen molar-refractivity contribution in [2.24, 2.45) is 5.92 Å². The summed E-state index contributed by atoms with van der Waals surface area (Å²) < 4.78 is 10.3. The van der Waals surface area contributed by atoms with Gasteiger partial charge in [-0.05, 0) is 50.5 Å². The van der Waals surface area contributed by atoms with Crippen molar-refractivity contribution in [1.29, 1.82) is 0 Å². The van der Waals surface area contributed by atoms with Crippen LogP contribution in [0.1, 0.15) is 44.6 Å². The Morgan fingerprint density at radius 3 is 2.40 bits per heavy atom. The van der Waals surface area contributed by atoms with Crippen molar-refractivity contribution in [3.05, 3.63) is 35.9 Å². The fraction of sp³-hybridized carbons (Fsp3) is 0.630. The third-order valence-corrected chi connectivity index (χ3v) is 8.09. The molecule has 1 aliphatic carbocycles. The molecule has 0 bridgehead atoms. The highest BCUT2D eigenvalue weighted by Gasteiger charge is 2.53. The number of carbonyl (C=O) groups excluding carboxylic acids is 2. The minimum Gasteiger partial charge on any atom is -0.480 e. The predicted octanol–water partition coefficient (Wildman–Crippen LogP) is -0.744. The molecule has 40 heavy (non-hydrogen) atoms. The standard InChI is InChI=1S/C27H36N2O11/c1-13(28-16(24(34)35)11-10-14-6-3-2-4-7-14)23(33)29-17-9-5-8-15(17)12-18(29)26(38)40-27-21(32)19(30)20(31)22(39-27)25(36)37/h2-4,6-7,13,15-22,27-28,30-32H,5,8-12H2,1H3,(H,34,35)(H,36,37)/t13-,15-,16-,17-,18-,19-,20-,21-,22+,27-/m0/s1. The van der Waals surface area contributed by atoms with E-state index in [0.29, 0.717) is 12.8 Å². The van der Waals surface area contributed by atoms with Crippen LogP contribution in [-0.4, -0.2) is 109 Å². The van der Waals surface area contributed by atoms with Crippen LogP contribution in [-0.2, 0) is 35.1 Å². The second-order valence-electron chi connectivity index (χ2n) is 10.7. The van der Waals surface area contributed by atoms with E-state index >= 15 is 0 Å². The highest BCUT2D eigenvalue weighted by atomic mass is 16.7. The Bertz CT molecular complexity index is 1090. The maximum atomic E-state index is 13.7. The van der Waals surface area contributed by atoms with E-state index in [1.54, 1.807) is 0 Å². The molecule has 4 rings (SSSR count). The van der Waals surface area contributed by atoms with E-state index in [2.05, 4.69) is 5.32 Å². The van der Waals surface area contributed by atoms with Crippen molar-refractivity contribution < 1.29 is 54.2 Å². The van der Waals surface area contributed by atoms with Crippen LogP contribution >= 0.6 is 0 Å². The maximum absolute atomic E-state index is 13.7. The monoisotopic (exact) mass is 564 g/mol. The summed E-state index contributed by atoms with van der Waals surface area (Å²) in [5, 5.41) is 52.1. The molecule has 0 unspecified atom stereocenters. The third kappa shape index (κ3) is 6.28. The summed E-state index contributed by atoms with van der Waals surface area (Å²) in [6.07, 6.45) is -6.34. The molecule has 13 heteroatoms. The molecule has 2 saturated heterocycles. The second kappa shape index (κ2) is 12.6. The van der Waals surface area contributed by atoms with Gasteiger partial charge in [0.05, 0.1) is 6.04 Å². The molecule has 1 aromatic rings. The van der Waals surface area contributed by atoms with E-state index in [1.165, 1.54) is 11.8 Å². The number of nitrogens with zero attached hydrogens (tertiary/aromatic N) is 1. The molecular weight excluding hydrogens is 528 g/mol. The Morgan fingerprint density at radius 1 is 1.05 bits per heavy atom. The van der Waals surface area contributed by atoms with Crippen LogP contribution in [0.15, 0.2) is 30.3 Å². The molecule has 3 aliphatic rings. The normalized spacial score (nSPS) is 33.1. The number of likely N-dealkylation sites (tertiary alicyclic amines) is 1. The summed E-state index contributed by atoms with van der Waals surface area (Å²) in [4.78, 5) is 51.7. The van der Waals surface area contributed by atoms with Gasteiger partial charge in [0.1, 0.15) is 30.4 Å². The lowest BCUT2D eigenvalue weighted by atomic mass is 9.99. The summed E-state index contributed by atoms with van der Waals surface area (Å²) in [5.74, 6) is -4.15. The summed E-state index contributed by atoms with van der Waals surface area (Å²) >= 11 is 0. The largest absolute Gasteiger partial charge is 0.480 e. The first-order valence-corrected chi connectivity index (χ1v) is 13.5. The lowest BCUT2D eigenvalue weighted by Gasteiger charge is -2.39. The van der Waals surface area contributed by atoms with Gasteiger partial charge in [-0.3, -0.25) is 14.9 Å². The average Bonchev–Trinajstić information content (AvgIpc) is 3.52. The first-order valence-electron chi connectivity index (χ1n) is 13.5. The summed E-state index contributed by atoms with van der Waals surface area (Å²) in [5.41, 5.74) is 0.959. The quantitative estimate of drug-likeness (QED) is 0.195. The lowest BCUT2D eigenvalue weighted by molar-refractivity contribution is -0.287. The summed E-state index contributed by atoms with van der Waals surface area (Å²) in [7, 11) is 0. The topological polar surface area (TPSA) is 203 Å². The van der Waals surface area contributed by atoms with Gasteiger partial charge in [-0.1, -0.05) is 36.8 Å². The van der Waals surface area contributed by atoms with Crippen molar-refractivity contribution >= 4 is 23.8 Å². The van der Waals surface area contributed by atoms with Crippen molar-refractivity contribution in [3.8, 4) is 0 Å². The van der Waals surface area contributed by atoms with Crippen LogP contribution in [0.4, 0.5) is 0 Å². The van der Waals surface area contributed by atoms with E-state index < -0.39 is 72.6 Å². The second-order valence-corrected chi connectivity index (χ2v) is 10.7. The van der Waals surface area contributed by atoms with Crippen LogP contribution in [0.25, 0.3) is 0 Å². The van der Waals surface area contributed by atoms with Gasteiger partial charge >= 0.3 is 17.9 Å². The minimum absolute atomic E-state index is 0.0124. The number of rotatable bonds is 10. The number of aryl methyl sites for hydroxylation is 1. The molecule has 0 radical (unpaired) electrons. The van der Waals surface area contributed by atoms with Gasteiger partial charge in [0.2, 0.25) is 12.2 Å². The molecule has 1 aromatic carbocycles. The number of fused-ring (bicyclic) bond motifs is 1. The van der Waals surface area contributed by atoms with Crippen molar-refractivity contribution in [1.82, 2.24) is 10.2 Å². The Morgan fingerprint density at radius 2 is 1.75 bits per heavy atom. The average molecular weight is 565 g/mol. The van der Waals surface area contributed by atoms with E-state index in [9.17, 15) is 44.7 Å². The van der Waals surface area contributed by atoms with Crippen LogP contribution in [0, 0.1) is 5.92 Å². The number of carbonyl (C=O) groups is 4. The number of ether oxygens (including phenoxy) is 2. The Balaban J connectivity index is 1.45. The predicted molar refractivity (Wildman–Crippen MR) is 136 cm³/mol. The van der Waals surface area contributed by atoms with Gasteiger partial charge in [0, 0.05) is 6.04 Å². The Hall–Kier alpha value is -3.10. The first-order chi connectivity index (χ1) is 19.0. The maximum Gasteiger partial charge on any atom is 0.335 e. The van der Waals surface area contributed by atoms with Gasteiger partial charge in [-0.25, -0.2) is 9.59 Å². The molecule has 10 atom stereocenters. The molecule has 0 spiro atoms. The van der Waals surface area contributed by atoms with Crippen LogP contribution in [0.5, 0.6) is 0 Å². The molecule has 0 aromatic heterocycles. The molecule has 13 nitrogen and oxygen atoms in total. The highest BCUT2D eigenvalue weighted by molar-refractivity contribution is 5.89. The van der Waals surface area contributed by atoms with Crippen molar-refractivity contribution in [2.75, 3.05) is 0 Å². The summed E-state index contributed by atoms with van der Waals surface area (Å²) in [6, 6.07) is 6.05. The first kappa shape index (κ1) is 29.9. The molecular formula is C27H36N2O11. The number of aliphatic hydroxyl groups excluding tert-OH is 3. The van der Waals surface area contributed by atoms with Gasteiger partial charge in [-0.2, -0.15) is 0 Å². The number of carboxylic acid groups (broad SMARTS) is 2. The van der Waals surface area contributed by atoms with Crippen LogP contribution in [0.2, 0.25) is 0 Å². The number of hydrogen-bond acceptors (Lipinski definition) is 10. The number of carboxylic acids is 2. The van der Waals surface area contributed by atoms with E-state index in [0.717, 1.165) is 18.4 Å². The SMILES string of the molecule is C[C@H](N[C@@H](CCc1ccccc1)C(=O)O)C(=O)N1[C@H](C(=O)O[C@@H]2O[C@@H](C(=O)O)[C@@H](O)[C@H](O)[C@@H]2O)C[C@@H]2CCC[C@@H]21. The van der Waals surface area contributed by atoms with E-state index in [1.807, 2.05) is 30.3 Å². The molecule has 2 aliphatic heterocycles. The smallest absolute Gasteiger partial charge is 0.335 e. The van der Waals surface area contributed by atoms with Crippen LogP contribution < -0.4 is 5.32 Å². The Labute approximate surface area is 230 Å². The van der Waals surface area contributed by atoms with Crippen LogP contribution in [0.3, 0.4) is 0 Å². The lowest BCUT2D eigenvalue weighted by Crippen LogP contribution is -2.61.